The van der Waals surface area contributed by atoms with Gasteiger partial charge in [0.1, 0.15) is 0 Å². The average Bonchev–Trinajstić information content (AvgIpc) is 2.81. The summed E-state index contributed by atoms with van der Waals surface area (Å²) in [5.74, 6) is 0. The van der Waals surface area contributed by atoms with Gasteiger partial charge in [-0.15, -0.1) is 0 Å². The van der Waals surface area contributed by atoms with Crippen LogP contribution >= 0.6 is 0 Å². The van der Waals surface area contributed by atoms with Crippen LogP contribution < -0.4 is 5.32 Å². The summed E-state index contributed by atoms with van der Waals surface area (Å²) in [7, 11) is 3.58. The molecule has 106 valence electrons. The van der Waals surface area contributed by atoms with Gasteiger partial charge in [-0.05, 0) is 31.2 Å². The molecule has 4 nitrogen and oxygen atoms in total. The largest absolute Gasteiger partial charge is 0.377 e. The molecule has 1 N–H and O–H groups in total. The second kappa shape index (κ2) is 6.33. The summed E-state index contributed by atoms with van der Waals surface area (Å²) in [5, 5.41) is 3.56. The van der Waals surface area contributed by atoms with Crippen LogP contribution in [0.2, 0.25) is 0 Å². The van der Waals surface area contributed by atoms with E-state index in [4.69, 9.17) is 9.47 Å². The molecule has 0 aromatic carbocycles. The summed E-state index contributed by atoms with van der Waals surface area (Å²) >= 11 is 0. The molecule has 0 aromatic rings. The van der Waals surface area contributed by atoms with E-state index in [-0.39, 0.29) is 12.2 Å². The van der Waals surface area contributed by atoms with Gasteiger partial charge >= 0.3 is 0 Å². The molecule has 0 aliphatic carbocycles. The Morgan fingerprint density at radius 3 is 2.33 bits per heavy atom. The number of ether oxygens (including phenoxy) is 2. The molecule has 0 bridgehead atoms. The van der Waals surface area contributed by atoms with Crippen LogP contribution in [0.5, 0.6) is 0 Å². The van der Waals surface area contributed by atoms with E-state index in [1.165, 1.54) is 32.4 Å². The van der Waals surface area contributed by atoms with Crippen LogP contribution in [-0.4, -0.2) is 64.1 Å². The number of nitrogens with zero attached hydrogens (tertiary/aromatic N) is 1. The highest BCUT2D eigenvalue weighted by Crippen LogP contribution is 2.32. The van der Waals surface area contributed by atoms with Crippen LogP contribution in [0, 0.1) is 5.41 Å². The number of nitrogens with one attached hydrogen (secondary N) is 1. The van der Waals surface area contributed by atoms with Crippen LogP contribution in [0.4, 0.5) is 0 Å². The quantitative estimate of drug-likeness (QED) is 0.799. The predicted octanol–water partition coefficient (Wildman–Crippen LogP) is 1.11. The first-order valence-electron chi connectivity index (χ1n) is 7.21. The lowest BCUT2D eigenvalue weighted by Gasteiger charge is -2.40. The SMILES string of the molecule is CCC1(CN2CC(OC)C(OC)C2)CCCNC1. The summed E-state index contributed by atoms with van der Waals surface area (Å²) in [6.07, 6.45) is 4.39. The Labute approximate surface area is 111 Å². The van der Waals surface area contributed by atoms with E-state index in [0.717, 1.165) is 19.6 Å². The van der Waals surface area contributed by atoms with Gasteiger partial charge in [-0.25, -0.2) is 0 Å². The number of hydrogen-bond acceptors (Lipinski definition) is 4. The first-order chi connectivity index (χ1) is 8.73. The van der Waals surface area contributed by atoms with Gasteiger partial charge in [0.05, 0.1) is 12.2 Å². The smallest absolute Gasteiger partial charge is 0.0971 e. The Morgan fingerprint density at radius 1 is 1.22 bits per heavy atom. The van der Waals surface area contributed by atoms with Gasteiger partial charge in [-0.2, -0.15) is 0 Å². The van der Waals surface area contributed by atoms with Crippen molar-refractivity contribution in [2.24, 2.45) is 5.41 Å². The maximum atomic E-state index is 5.52. The Morgan fingerprint density at radius 2 is 1.89 bits per heavy atom. The topological polar surface area (TPSA) is 33.7 Å². The third kappa shape index (κ3) is 3.05. The highest BCUT2D eigenvalue weighted by atomic mass is 16.5. The van der Waals surface area contributed by atoms with Crippen LogP contribution in [0.1, 0.15) is 26.2 Å². The van der Waals surface area contributed by atoms with E-state index < -0.39 is 0 Å². The van der Waals surface area contributed by atoms with Gasteiger partial charge in [0, 0.05) is 40.4 Å². The molecule has 4 heteroatoms. The van der Waals surface area contributed by atoms with E-state index in [0.29, 0.717) is 5.41 Å². The van der Waals surface area contributed by atoms with Crippen molar-refractivity contribution in [1.29, 1.82) is 0 Å². The zero-order chi connectivity index (χ0) is 13.0. The number of likely N-dealkylation sites (tertiary alicyclic amines) is 1. The van der Waals surface area contributed by atoms with Crippen molar-refractivity contribution in [3.05, 3.63) is 0 Å². The van der Waals surface area contributed by atoms with E-state index in [1.54, 1.807) is 14.2 Å². The first-order valence-corrected chi connectivity index (χ1v) is 7.21. The molecule has 3 unspecified atom stereocenters. The minimum atomic E-state index is 0.237. The lowest BCUT2D eigenvalue weighted by molar-refractivity contribution is -0.00461. The van der Waals surface area contributed by atoms with Crippen molar-refractivity contribution in [3.8, 4) is 0 Å². The Bertz CT molecular complexity index is 242. The summed E-state index contributed by atoms with van der Waals surface area (Å²) in [6, 6.07) is 0. The van der Waals surface area contributed by atoms with Gasteiger partial charge in [0.25, 0.3) is 0 Å². The van der Waals surface area contributed by atoms with E-state index in [2.05, 4.69) is 17.1 Å². The standard InChI is InChI=1S/C14H28N2O2/c1-4-14(6-5-7-15-10-14)11-16-8-12(17-2)13(9-16)18-3/h12-13,15H,4-11H2,1-3H3. The normalized spacial score (nSPS) is 38.2. The minimum Gasteiger partial charge on any atom is -0.377 e. The molecule has 2 fully saturated rings. The van der Waals surface area contributed by atoms with E-state index in [9.17, 15) is 0 Å². The van der Waals surface area contributed by atoms with Crippen LogP contribution in [0.25, 0.3) is 0 Å². The Kier molecular flexibility index (Phi) is 5.01. The number of piperidine rings is 1. The van der Waals surface area contributed by atoms with Gasteiger partial charge in [0.15, 0.2) is 0 Å². The highest BCUT2D eigenvalue weighted by Gasteiger charge is 2.38. The van der Waals surface area contributed by atoms with Crippen LogP contribution in [0.3, 0.4) is 0 Å². The summed E-state index contributed by atoms with van der Waals surface area (Å²) in [5.41, 5.74) is 0.458. The highest BCUT2D eigenvalue weighted by molar-refractivity contribution is 4.92. The third-order valence-electron chi connectivity index (χ3n) is 4.77. The Balaban J connectivity index is 1.92. The number of methoxy groups -OCH3 is 2. The molecular formula is C14H28N2O2. The fourth-order valence-electron chi connectivity index (χ4n) is 3.45. The van der Waals surface area contributed by atoms with Gasteiger partial charge in [-0.1, -0.05) is 6.92 Å². The minimum absolute atomic E-state index is 0.237. The molecule has 2 rings (SSSR count). The molecule has 0 radical (unpaired) electrons. The van der Waals surface area contributed by atoms with Gasteiger partial charge < -0.3 is 14.8 Å². The molecule has 2 aliphatic heterocycles. The lowest BCUT2D eigenvalue weighted by Crippen LogP contribution is -2.47. The van der Waals surface area contributed by atoms with Crippen molar-refractivity contribution < 1.29 is 9.47 Å². The van der Waals surface area contributed by atoms with Crippen LogP contribution in [-0.2, 0) is 9.47 Å². The Hall–Kier alpha value is -0.160. The second-order valence-electron chi connectivity index (χ2n) is 5.88. The second-order valence-corrected chi connectivity index (χ2v) is 5.88. The molecule has 0 saturated carbocycles. The molecular weight excluding hydrogens is 228 g/mol. The number of hydrogen-bond donors (Lipinski definition) is 1. The van der Waals surface area contributed by atoms with Crippen molar-refractivity contribution in [2.45, 2.75) is 38.4 Å². The molecule has 18 heavy (non-hydrogen) atoms. The van der Waals surface area contributed by atoms with Gasteiger partial charge in [-0.3, -0.25) is 4.90 Å². The maximum Gasteiger partial charge on any atom is 0.0971 e. The van der Waals surface area contributed by atoms with Crippen molar-refractivity contribution >= 4 is 0 Å². The zero-order valence-electron chi connectivity index (χ0n) is 12.1. The average molecular weight is 256 g/mol. The van der Waals surface area contributed by atoms with Crippen molar-refractivity contribution in [1.82, 2.24) is 10.2 Å². The fourth-order valence-corrected chi connectivity index (χ4v) is 3.45. The fraction of sp³-hybridized carbons (Fsp3) is 1.00. The van der Waals surface area contributed by atoms with Gasteiger partial charge in [0.2, 0.25) is 0 Å². The zero-order valence-corrected chi connectivity index (χ0v) is 12.1. The summed E-state index contributed by atoms with van der Waals surface area (Å²) < 4.78 is 11.0. The van der Waals surface area contributed by atoms with Crippen molar-refractivity contribution in [2.75, 3.05) is 46.9 Å². The van der Waals surface area contributed by atoms with Crippen LogP contribution in [0.15, 0.2) is 0 Å². The molecule has 3 atom stereocenters. The lowest BCUT2D eigenvalue weighted by atomic mass is 9.78. The third-order valence-corrected chi connectivity index (χ3v) is 4.77. The molecule has 2 saturated heterocycles. The van der Waals surface area contributed by atoms with Crippen molar-refractivity contribution in [3.63, 3.8) is 0 Å². The molecule has 2 heterocycles. The maximum absolute atomic E-state index is 5.52. The summed E-state index contributed by atoms with van der Waals surface area (Å²) in [4.78, 5) is 2.53. The van der Waals surface area contributed by atoms with E-state index >= 15 is 0 Å². The molecule has 2 aliphatic rings. The molecule has 0 aromatic heterocycles. The summed E-state index contributed by atoms with van der Waals surface area (Å²) in [6.45, 7) is 7.87. The number of rotatable bonds is 5. The predicted molar refractivity (Wildman–Crippen MR) is 72.9 cm³/mol. The molecule has 0 amide bonds. The first kappa shape index (κ1) is 14.3. The monoisotopic (exact) mass is 256 g/mol. The molecule has 0 spiro atoms. The van der Waals surface area contributed by atoms with E-state index in [1.807, 2.05) is 0 Å².